The zero-order valence-electron chi connectivity index (χ0n) is 7.63. The highest BCUT2D eigenvalue weighted by Crippen LogP contribution is 2.28. The zero-order valence-corrected chi connectivity index (χ0v) is 9.21. The Morgan fingerprint density at radius 2 is 2.23 bits per heavy atom. The molecule has 1 aromatic rings. The molecule has 0 spiro atoms. The van der Waals surface area contributed by atoms with Crippen LogP contribution in [0.4, 0.5) is 0 Å². The van der Waals surface area contributed by atoms with Crippen molar-refractivity contribution in [3.63, 3.8) is 0 Å². The van der Waals surface area contributed by atoms with E-state index in [1.807, 2.05) is 6.07 Å². The number of nitrogens with two attached hydrogens (primary N) is 1. The van der Waals surface area contributed by atoms with Crippen LogP contribution in [-0.4, -0.2) is 5.11 Å². The fourth-order valence-electron chi connectivity index (χ4n) is 1.28. The quantitative estimate of drug-likeness (QED) is 0.858. The number of hydrogen-bond acceptors (Lipinski definition) is 2. The van der Waals surface area contributed by atoms with Crippen LogP contribution in [0.1, 0.15) is 31.4 Å². The molecule has 1 aromatic carbocycles. The van der Waals surface area contributed by atoms with Gasteiger partial charge in [-0.05, 0) is 30.2 Å². The normalized spacial score (nSPS) is 12.8. The van der Waals surface area contributed by atoms with E-state index in [2.05, 4.69) is 22.9 Å². The van der Waals surface area contributed by atoms with Crippen molar-refractivity contribution in [2.45, 2.75) is 25.8 Å². The van der Waals surface area contributed by atoms with Crippen molar-refractivity contribution in [3.05, 3.63) is 28.2 Å². The van der Waals surface area contributed by atoms with Crippen LogP contribution in [0.5, 0.6) is 5.75 Å². The van der Waals surface area contributed by atoms with Crippen LogP contribution in [0.25, 0.3) is 0 Å². The van der Waals surface area contributed by atoms with Crippen molar-refractivity contribution in [3.8, 4) is 5.75 Å². The summed E-state index contributed by atoms with van der Waals surface area (Å²) in [5.41, 5.74) is 6.91. The van der Waals surface area contributed by atoms with Gasteiger partial charge in [0.25, 0.3) is 0 Å². The maximum atomic E-state index is 9.28. The number of halogens is 1. The van der Waals surface area contributed by atoms with Crippen molar-refractivity contribution in [2.75, 3.05) is 0 Å². The van der Waals surface area contributed by atoms with Gasteiger partial charge in [-0.2, -0.15) is 0 Å². The maximum Gasteiger partial charge on any atom is 0.115 e. The standard InChI is InChI=1S/C10H14BrNO/c1-2-3-10(12)8-6-7(13)4-5-9(8)11/h4-6,10,13H,2-3,12H2,1H3/t10-/m0/s1. The molecule has 3 heteroatoms. The Labute approximate surface area is 86.9 Å². The minimum Gasteiger partial charge on any atom is -0.508 e. The Balaban J connectivity index is 2.91. The Bertz CT molecular complexity index is 288. The summed E-state index contributed by atoms with van der Waals surface area (Å²) < 4.78 is 0.964. The molecule has 0 aliphatic heterocycles. The largest absolute Gasteiger partial charge is 0.508 e. The van der Waals surface area contributed by atoms with Gasteiger partial charge in [0.2, 0.25) is 0 Å². The molecule has 72 valence electrons. The third-order valence-corrected chi connectivity index (χ3v) is 2.70. The van der Waals surface area contributed by atoms with Crippen molar-refractivity contribution in [1.82, 2.24) is 0 Å². The highest BCUT2D eigenvalue weighted by molar-refractivity contribution is 9.10. The fourth-order valence-corrected chi connectivity index (χ4v) is 1.82. The lowest BCUT2D eigenvalue weighted by molar-refractivity contribution is 0.473. The molecule has 0 saturated heterocycles. The second-order valence-corrected chi connectivity index (χ2v) is 3.96. The first-order chi connectivity index (χ1) is 6.15. The van der Waals surface area contributed by atoms with E-state index in [1.54, 1.807) is 12.1 Å². The van der Waals surface area contributed by atoms with Crippen molar-refractivity contribution in [1.29, 1.82) is 0 Å². The SMILES string of the molecule is CCC[C@H](N)c1cc(O)ccc1Br. The van der Waals surface area contributed by atoms with Gasteiger partial charge in [-0.1, -0.05) is 29.3 Å². The van der Waals surface area contributed by atoms with Gasteiger partial charge in [-0.3, -0.25) is 0 Å². The molecule has 0 saturated carbocycles. The van der Waals surface area contributed by atoms with Gasteiger partial charge in [-0.25, -0.2) is 0 Å². The summed E-state index contributed by atoms with van der Waals surface area (Å²) >= 11 is 3.41. The van der Waals surface area contributed by atoms with Crippen molar-refractivity contribution < 1.29 is 5.11 Å². The molecule has 0 radical (unpaired) electrons. The van der Waals surface area contributed by atoms with Gasteiger partial charge in [0.05, 0.1) is 0 Å². The minimum atomic E-state index is 0.00600. The van der Waals surface area contributed by atoms with Crippen LogP contribution >= 0.6 is 15.9 Å². The van der Waals surface area contributed by atoms with Crippen molar-refractivity contribution >= 4 is 15.9 Å². The van der Waals surface area contributed by atoms with E-state index in [1.165, 1.54) is 0 Å². The summed E-state index contributed by atoms with van der Waals surface area (Å²) in [6, 6.07) is 5.18. The van der Waals surface area contributed by atoms with E-state index in [-0.39, 0.29) is 11.8 Å². The van der Waals surface area contributed by atoms with E-state index < -0.39 is 0 Å². The van der Waals surface area contributed by atoms with Crippen LogP contribution in [0.2, 0.25) is 0 Å². The van der Waals surface area contributed by atoms with Gasteiger partial charge in [-0.15, -0.1) is 0 Å². The Kier molecular flexibility index (Phi) is 3.75. The first-order valence-electron chi connectivity index (χ1n) is 4.39. The minimum absolute atomic E-state index is 0.00600. The lowest BCUT2D eigenvalue weighted by atomic mass is 10.0. The maximum absolute atomic E-state index is 9.28. The van der Waals surface area contributed by atoms with Crippen LogP contribution in [0, 0.1) is 0 Å². The third kappa shape index (κ3) is 2.71. The third-order valence-electron chi connectivity index (χ3n) is 1.98. The molecular weight excluding hydrogens is 230 g/mol. The first-order valence-corrected chi connectivity index (χ1v) is 5.18. The molecule has 0 fully saturated rings. The second kappa shape index (κ2) is 4.63. The van der Waals surface area contributed by atoms with Gasteiger partial charge >= 0.3 is 0 Å². The monoisotopic (exact) mass is 243 g/mol. The smallest absolute Gasteiger partial charge is 0.115 e. The van der Waals surface area contributed by atoms with Crippen LogP contribution in [-0.2, 0) is 0 Å². The fraction of sp³-hybridized carbons (Fsp3) is 0.400. The lowest BCUT2D eigenvalue weighted by Crippen LogP contribution is -2.10. The van der Waals surface area contributed by atoms with Gasteiger partial charge in [0.1, 0.15) is 5.75 Å². The van der Waals surface area contributed by atoms with Gasteiger partial charge in [0.15, 0.2) is 0 Å². The summed E-state index contributed by atoms with van der Waals surface area (Å²) in [5.74, 6) is 0.268. The highest BCUT2D eigenvalue weighted by atomic mass is 79.9. The molecule has 0 unspecified atom stereocenters. The number of phenols is 1. The number of hydrogen-bond donors (Lipinski definition) is 2. The lowest BCUT2D eigenvalue weighted by Gasteiger charge is -2.12. The Hall–Kier alpha value is -0.540. The molecule has 0 bridgehead atoms. The predicted octanol–water partition coefficient (Wildman–Crippen LogP) is 2.95. The van der Waals surface area contributed by atoms with Crippen LogP contribution < -0.4 is 5.73 Å². The topological polar surface area (TPSA) is 46.2 Å². The number of benzene rings is 1. The van der Waals surface area contributed by atoms with Gasteiger partial charge < -0.3 is 10.8 Å². The average molecular weight is 244 g/mol. The van der Waals surface area contributed by atoms with E-state index in [0.29, 0.717) is 0 Å². The number of rotatable bonds is 3. The van der Waals surface area contributed by atoms with Crippen molar-refractivity contribution in [2.24, 2.45) is 5.73 Å². The molecule has 1 rings (SSSR count). The highest BCUT2D eigenvalue weighted by Gasteiger charge is 2.09. The summed E-state index contributed by atoms with van der Waals surface area (Å²) in [7, 11) is 0. The molecule has 0 aliphatic carbocycles. The molecule has 2 nitrogen and oxygen atoms in total. The zero-order chi connectivity index (χ0) is 9.84. The van der Waals surface area contributed by atoms with E-state index in [0.717, 1.165) is 22.9 Å². The van der Waals surface area contributed by atoms with E-state index in [9.17, 15) is 5.11 Å². The number of phenolic OH excluding ortho intramolecular Hbond substituents is 1. The Morgan fingerprint density at radius 3 is 2.85 bits per heavy atom. The van der Waals surface area contributed by atoms with Gasteiger partial charge in [0, 0.05) is 10.5 Å². The summed E-state index contributed by atoms with van der Waals surface area (Å²) in [6.07, 6.45) is 1.98. The summed E-state index contributed by atoms with van der Waals surface area (Å²) in [6.45, 7) is 2.09. The molecule has 0 aliphatic rings. The molecular formula is C10H14BrNO. The molecule has 13 heavy (non-hydrogen) atoms. The molecule has 0 amide bonds. The molecule has 0 heterocycles. The van der Waals surface area contributed by atoms with Crippen LogP contribution in [0.15, 0.2) is 22.7 Å². The predicted molar refractivity (Wildman–Crippen MR) is 57.6 cm³/mol. The van der Waals surface area contributed by atoms with E-state index in [4.69, 9.17) is 5.73 Å². The average Bonchev–Trinajstić information content (AvgIpc) is 2.09. The Morgan fingerprint density at radius 1 is 1.54 bits per heavy atom. The van der Waals surface area contributed by atoms with Crippen LogP contribution in [0.3, 0.4) is 0 Å². The number of aromatic hydroxyl groups is 1. The second-order valence-electron chi connectivity index (χ2n) is 3.10. The first kappa shape index (κ1) is 10.5. The summed E-state index contributed by atoms with van der Waals surface area (Å²) in [4.78, 5) is 0. The summed E-state index contributed by atoms with van der Waals surface area (Å²) in [5, 5.41) is 9.28. The molecule has 1 atom stereocenters. The molecule has 0 aromatic heterocycles. The molecule has 3 N–H and O–H groups in total. The van der Waals surface area contributed by atoms with E-state index >= 15 is 0 Å².